The number of hydrogen-bond donors (Lipinski definition) is 1. The van der Waals surface area contributed by atoms with E-state index in [1.54, 1.807) is 6.92 Å². The van der Waals surface area contributed by atoms with E-state index in [2.05, 4.69) is 0 Å². The fraction of sp³-hybridized carbons (Fsp3) is 1.00. The molecular formula is C12H25NO3S. The van der Waals surface area contributed by atoms with Crippen LogP contribution >= 0.6 is 0 Å². The summed E-state index contributed by atoms with van der Waals surface area (Å²) in [6.45, 7) is 2.19. The highest BCUT2D eigenvalue weighted by Gasteiger charge is 2.20. The monoisotopic (exact) mass is 263 g/mol. The van der Waals surface area contributed by atoms with Crippen LogP contribution in [0.3, 0.4) is 0 Å². The summed E-state index contributed by atoms with van der Waals surface area (Å²) in [5, 5.41) is 0. The van der Waals surface area contributed by atoms with Gasteiger partial charge in [0.15, 0.2) is 0 Å². The smallest absolute Gasteiger partial charge is 0.150 e. The second-order valence-corrected chi connectivity index (χ2v) is 7.27. The summed E-state index contributed by atoms with van der Waals surface area (Å²) in [4.78, 5) is 0. The van der Waals surface area contributed by atoms with Crippen LogP contribution in [-0.2, 0) is 14.6 Å². The first-order valence-electron chi connectivity index (χ1n) is 6.63. The maximum atomic E-state index is 11.3. The molecular weight excluding hydrogens is 238 g/mol. The van der Waals surface area contributed by atoms with Gasteiger partial charge < -0.3 is 10.5 Å². The van der Waals surface area contributed by atoms with Gasteiger partial charge in [-0.1, -0.05) is 26.2 Å². The molecule has 0 aromatic rings. The molecule has 1 aliphatic rings. The van der Waals surface area contributed by atoms with E-state index >= 15 is 0 Å². The van der Waals surface area contributed by atoms with Crippen molar-refractivity contribution >= 4 is 9.84 Å². The standard InChI is InChI=1S/C12H25NO3S/c1-2-17(14,15)10-6-9-16-12-8-5-3-4-7-11(12)13/h11-12H,2-10,13H2,1H3. The predicted molar refractivity (Wildman–Crippen MR) is 69.7 cm³/mol. The van der Waals surface area contributed by atoms with Crippen molar-refractivity contribution in [1.82, 2.24) is 0 Å². The normalized spacial score (nSPS) is 26.7. The maximum Gasteiger partial charge on any atom is 0.150 e. The highest BCUT2D eigenvalue weighted by Crippen LogP contribution is 2.19. The van der Waals surface area contributed by atoms with Gasteiger partial charge in [-0.2, -0.15) is 0 Å². The molecule has 17 heavy (non-hydrogen) atoms. The van der Waals surface area contributed by atoms with Crippen LogP contribution in [0.2, 0.25) is 0 Å². The molecule has 2 unspecified atom stereocenters. The molecule has 1 rings (SSSR count). The van der Waals surface area contributed by atoms with Gasteiger partial charge in [-0.3, -0.25) is 0 Å². The van der Waals surface area contributed by atoms with Crippen molar-refractivity contribution in [2.75, 3.05) is 18.1 Å². The van der Waals surface area contributed by atoms with Gasteiger partial charge in [-0.25, -0.2) is 8.42 Å². The molecule has 5 heteroatoms. The Kier molecular flexibility index (Phi) is 6.44. The summed E-state index contributed by atoms with van der Waals surface area (Å²) in [6, 6.07) is 0.125. The third-order valence-electron chi connectivity index (χ3n) is 3.38. The molecule has 0 radical (unpaired) electrons. The topological polar surface area (TPSA) is 69.4 Å². The fourth-order valence-corrected chi connectivity index (χ4v) is 3.01. The molecule has 0 aromatic carbocycles. The molecule has 0 saturated heterocycles. The lowest BCUT2D eigenvalue weighted by atomic mass is 10.1. The second-order valence-electron chi connectivity index (χ2n) is 4.80. The lowest BCUT2D eigenvalue weighted by Gasteiger charge is -2.21. The van der Waals surface area contributed by atoms with Crippen molar-refractivity contribution in [2.45, 2.75) is 57.6 Å². The van der Waals surface area contributed by atoms with Crippen molar-refractivity contribution in [3.63, 3.8) is 0 Å². The zero-order chi connectivity index (χ0) is 12.7. The molecule has 2 N–H and O–H groups in total. The Morgan fingerprint density at radius 2 is 1.94 bits per heavy atom. The van der Waals surface area contributed by atoms with Crippen molar-refractivity contribution in [3.8, 4) is 0 Å². The highest BCUT2D eigenvalue weighted by molar-refractivity contribution is 7.91. The van der Waals surface area contributed by atoms with Gasteiger partial charge in [0.05, 0.1) is 11.9 Å². The van der Waals surface area contributed by atoms with Gasteiger partial charge in [0.2, 0.25) is 0 Å². The average Bonchev–Trinajstić information content (AvgIpc) is 2.50. The molecule has 1 fully saturated rings. The van der Waals surface area contributed by atoms with E-state index in [0.29, 0.717) is 13.0 Å². The van der Waals surface area contributed by atoms with E-state index < -0.39 is 9.84 Å². The molecule has 0 heterocycles. The van der Waals surface area contributed by atoms with E-state index in [4.69, 9.17) is 10.5 Å². The van der Waals surface area contributed by atoms with Gasteiger partial charge in [0.1, 0.15) is 9.84 Å². The minimum absolute atomic E-state index is 0.125. The van der Waals surface area contributed by atoms with Crippen LogP contribution in [0.5, 0.6) is 0 Å². The van der Waals surface area contributed by atoms with E-state index in [-0.39, 0.29) is 23.7 Å². The minimum Gasteiger partial charge on any atom is -0.377 e. The van der Waals surface area contributed by atoms with Crippen molar-refractivity contribution in [3.05, 3.63) is 0 Å². The van der Waals surface area contributed by atoms with Gasteiger partial charge in [0, 0.05) is 18.4 Å². The zero-order valence-electron chi connectivity index (χ0n) is 10.7. The lowest BCUT2D eigenvalue weighted by Crippen LogP contribution is -2.36. The second kappa shape index (κ2) is 7.34. The number of hydrogen-bond acceptors (Lipinski definition) is 4. The number of sulfone groups is 1. The molecule has 0 bridgehead atoms. The average molecular weight is 263 g/mol. The van der Waals surface area contributed by atoms with Gasteiger partial charge in [0.25, 0.3) is 0 Å². The van der Waals surface area contributed by atoms with Gasteiger partial charge in [-0.15, -0.1) is 0 Å². The molecule has 102 valence electrons. The van der Waals surface area contributed by atoms with Gasteiger partial charge >= 0.3 is 0 Å². The molecule has 0 spiro atoms. The first kappa shape index (κ1) is 14.9. The Bertz CT molecular complexity index is 303. The van der Waals surface area contributed by atoms with Crippen LogP contribution in [0.15, 0.2) is 0 Å². The Labute approximate surface area is 105 Å². The first-order chi connectivity index (χ1) is 8.05. The molecule has 4 nitrogen and oxygen atoms in total. The third-order valence-corrected chi connectivity index (χ3v) is 5.17. The lowest BCUT2D eigenvalue weighted by molar-refractivity contribution is 0.0320. The Morgan fingerprint density at radius 1 is 1.24 bits per heavy atom. The van der Waals surface area contributed by atoms with Crippen LogP contribution < -0.4 is 5.73 Å². The first-order valence-corrected chi connectivity index (χ1v) is 8.45. The number of rotatable bonds is 6. The Balaban J connectivity index is 2.21. The number of nitrogens with two attached hydrogens (primary N) is 1. The van der Waals surface area contributed by atoms with E-state index in [9.17, 15) is 8.42 Å². The summed E-state index contributed by atoms with van der Waals surface area (Å²) >= 11 is 0. The van der Waals surface area contributed by atoms with E-state index in [1.807, 2.05) is 0 Å². The Morgan fingerprint density at radius 3 is 2.65 bits per heavy atom. The minimum atomic E-state index is -2.85. The molecule has 2 atom stereocenters. The van der Waals surface area contributed by atoms with Crippen LogP contribution in [-0.4, -0.2) is 38.7 Å². The maximum absolute atomic E-state index is 11.3. The summed E-state index contributed by atoms with van der Waals surface area (Å²) in [5.41, 5.74) is 6.03. The largest absolute Gasteiger partial charge is 0.377 e. The molecule has 1 aliphatic carbocycles. The SMILES string of the molecule is CCS(=O)(=O)CCCOC1CCCCCC1N. The van der Waals surface area contributed by atoms with Crippen molar-refractivity contribution in [2.24, 2.45) is 5.73 Å². The van der Waals surface area contributed by atoms with Gasteiger partial charge in [-0.05, 0) is 19.3 Å². The van der Waals surface area contributed by atoms with Crippen LogP contribution in [0.4, 0.5) is 0 Å². The molecule has 0 amide bonds. The third kappa shape index (κ3) is 5.84. The van der Waals surface area contributed by atoms with Crippen LogP contribution in [0, 0.1) is 0 Å². The summed E-state index contributed by atoms with van der Waals surface area (Å²) in [7, 11) is -2.85. The fourth-order valence-electron chi connectivity index (χ4n) is 2.17. The van der Waals surface area contributed by atoms with E-state index in [1.165, 1.54) is 19.3 Å². The zero-order valence-corrected chi connectivity index (χ0v) is 11.5. The number of ether oxygens (including phenoxy) is 1. The Hall–Kier alpha value is -0.130. The molecule has 0 aliphatic heterocycles. The van der Waals surface area contributed by atoms with Crippen LogP contribution in [0.1, 0.15) is 45.4 Å². The molecule has 0 aromatic heterocycles. The summed E-state index contributed by atoms with van der Waals surface area (Å²) < 4.78 is 28.3. The summed E-state index contributed by atoms with van der Waals surface area (Å²) in [6.07, 6.45) is 6.34. The molecule has 1 saturated carbocycles. The quantitative estimate of drug-likeness (QED) is 0.582. The van der Waals surface area contributed by atoms with E-state index in [0.717, 1.165) is 12.8 Å². The van der Waals surface area contributed by atoms with Crippen molar-refractivity contribution < 1.29 is 13.2 Å². The predicted octanol–water partition coefficient (Wildman–Crippen LogP) is 1.49. The highest BCUT2D eigenvalue weighted by atomic mass is 32.2. The van der Waals surface area contributed by atoms with Crippen LogP contribution in [0.25, 0.3) is 0 Å². The van der Waals surface area contributed by atoms with Crippen molar-refractivity contribution in [1.29, 1.82) is 0 Å². The summed E-state index contributed by atoms with van der Waals surface area (Å²) in [5.74, 6) is 0.446.